The number of unbranched alkanes of at least 4 members (excludes halogenated alkanes) is 1. The third-order valence-corrected chi connectivity index (χ3v) is 6.95. The second kappa shape index (κ2) is 11.8. The van der Waals surface area contributed by atoms with Crippen molar-refractivity contribution in [2.24, 2.45) is 17.3 Å². The molecule has 0 bridgehead atoms. The smallest absolute Gasteiger partial charge is 0.305 e. The van der Waals surface area contributed by atoms with Gasteiger partial charge in [-0.3, -0.25) is 4.79 Å². The fraction of sp³-hybridized carbons (Fsp3) is 0.792. The normalized spacial score (nSPS) is 30.0. The molecule has 0 aliphatic heterocycles. The van der Waals surface area contributed by atoms with Crippen molar-refractivity contribution in [1.82, 2.24) is 0 Å². The molecule has 5 heteroatoms. The molecule has 2 N–H and O–H groups in total. The zero-order valence-corrected chi connectivity index (χ0v) is 18.1. The minimum atomic E-state index is -1.01. The summed E-state index contributed by atoms with van der Waals surface area (Å²) in [5.74, 6) is -0.653. The van der Waals surface area contributed by atoms with E-state index in [1.54, 1.807) is 0 Å². The van der Waals surface area contributed by atoms with E-state index in [0.29, 0.717) is 19.3 Å². The third-order valence-electron chi connectivity index (χ3n) is 6.95. The van der Waals surface area contributed by atoms with Crippen molar-refractivity contribution in [2.45, 2.75) is 95.9 Å². The predicted molar refractivity (Wildman–Crippen MR) is 113 cm³/mol. The summed E-state index contributed by atoms with van der Waals surface area (Å²) in [6.07, 6.45) is 14.5. The van der Waals surface area contributed by atoms with E-state index < -0.39 is 12.3 Å². The molecule has 29 heavy (non-hydrogen) atoms. The zero-order valence-electron chi connectivity index (χ0n) is 18.1. The Labute approximate surface area is 175 Å². The highest BCUT2D eigenvalue weighted by molar-refractivity contribution is 5.69. The highest BCUT2D eigenvalue weighted by Gasteiger charge is 2.42. The van der Waals surface area contributed by atoms with E-state index in [1.807, 2.05) is 24.3 Å². The number of aliphatic hydroxyl groups is 2. The molecule has 0 aromatic carbocycles. The van der Waals surface area contributed by atoms with Crippen LogP contribution in [0.2, 0.25) is 0 Å². The Morgan fingerprint density at radius 3 is 2.69 bits per heavy atom. The standard InChI is InChI=1S/C24H39FO4/c1-3-14-24(15-9-16-24)22(27)12-8-11-19-18(20(25)17-21(19)26)10-6-4-5-7-13-23(28)29-2/h4,6,8,11,18-22,26-27H,3,5,7,9-10,12-17H2,1-2H3/t18-,19-,20?,21?,22?/m1/s1. The van der Waals surface area contributed by atoms with Gasteiger partial charge in [-0.1, -0.05) is 44.1 Å². The molecule has 4 nitrogen and oxygen atoms in total. The van der Waals surface area contributed by atoms with E-state index in [-0.39, 0.29) is 35.7 Å². The minimum absolute atomic E-state index is 0.0718. The topological polar surface area (TPSA) is 66.8 Å². The Morgan fingerprint density at radius 2 is 2.07 bits per heavy atom. The minimum Gasteiger partial charge on any atom is -0.469 e. The summed E-state index contributed by atoms with van der Waals surface area (Å²) in [7, 11) is 1.38. The van der Waals surface area contributed by atoms with Crippen LogP contribution in [0.25, 0.3) is 0 Å². The Kier molecular flexibility index (Phi) is 9.84. The van der Waals surface area contributed by atoms with Crippen LogP contribution in [0.3, 0.4) is 0 Å². The molecule has 5 atom stereocenters. The maximum atomic E-state index is 14.4. The van der Waals surface area contributed by atoms with Crippen LogP contribution in [-0.2, 0) is 9.53 Å². The van der Waals surface area contributed by atoms with Crippen molar-refractivity contribution in [2.75, 3.05) is 7.11 Å². The molecule has 2 fully saturated rings. The Bertz CT molecular complexity index is 555. The summed E-state index contributed by atoms with van der Waals surface area (Å²) in [6.45, 7) is 2.16. The monoisotopic (exact) mass is 410 g/mol. The molecule has 2 aliphatic rings. The lowest BCUT2D eigenvalue weighted by Gasteiger charge is -2.45. The summed E-state index contributed by atoms with van der Waals surface area (Å²) < 4.78 is 19.0. The van der Waals surface area contributed by atoms with E-state index in [0.717, 1.165) is 38.5 Å². The van der Waals surface area contributed by atoms with E-state index in [4.69, 9.17) is 0 Å². The Morgan fingerprint density at radius 1 is 1.31 bits per heavy atom. The molecule has 0 radical (unpaired) electrons. The van der Waals surface area contributed by atoms with Gasteiger partial charge in [-0.05, 0) is 50.4 Å². The van der Waals surface area contributed by atoms with E-state index >= 15 is 0 Å². The molecule has 0 saturated heterocycles. The second-order valence-electron chi connectivity index (χ2n) is 8.88. The van der Waals surface area contributed by atoms with Crippen LogP contribution in [0.1, 0.15) is 77.6 Å². The number of allylic oxidation sites excluding steroid dienone is 2. The van der Waals surface area contributed by atoms with Crippen molar-refractivity contribution in [1.29, 1.82) is 0 Å². The number of carbonyl (C=O) groups excluding carboxylic acids is 1. The van der Waals surface area contributed by atoms with Gasteiger partial charge in [0.1, 0.15) is 6.17 Å². The molecule has 2 aliphatic carbocycles. The first-order valence-corrected chi connectivity index (χ1v) is 11.3. The van der Waals surface area contributed by atoms with Crippen molar-refractivity contribution < 1.29 is 24.1 Å². The van der Waals surface area contributed by atoms with Crippen LogP contribution in [0.15, 0.2) is 24.3 Å². The van der Waals surface area contributed by atoms with E-state index in [1.165, 1.54) is 13.5 Å². The number of aliphatic hydroxyl groups excluding tert-OH is 2. The van der Waals surface area contributed by atoms with Gasteiger partial charge in [0.2, 0.25) is 0 Å². The van der Waals surface area contributed by atoms with Gasteiger partial charge in [0.05, 0.1) is 19.3 Å². The summed E-state index contributed by atoms with van der Waals surface area (Å²) in [6, 6.07) is 0. The molecule has 2 rings (SSSR count). The molecular formula is C24H39FO4. The summed E-state index contributed by atoms with van der Waals surface area (Å²) in [5, 5.41) is 21.0. The number of halogens is 1. The first-order chi connectivity index (χ1) is 13.9. The van der Waals surface area contributed by atoms with Crippen LogP contribution in [0, 0.1) is 17.3 Å². The highest BCUT2D eigenvalue weighted by atomic mass is 19.1. The summed E-state index contributed by atoms with van der Waals surface area (Å²) in [5.41, 5.74) is 0.0718. The van der Waals surface area contributed by atoms with Gasteiger partial charge in [-0.15, -0.1) is 0 Å². The van der Waals surface area contributed by atoms with Crippen molar-refractivity contribution in [3.8, 4) is 0 Å². The number of carbonyl (C=O) groups is 1. The molecule has 166 valence electrons. The molecule has 2 saturated carbocycles. The van der Waals surface area contributed by atoms with E-state index in [9.17, 15) is 19.4 Å². The van der Waals surface area contributed by atoms with Crippen molar-refractivity contribution in [3.63, 3.8) is 0 Å². The first-order valence-electron chi connectivity index (χ1n) is 11.3. The van der Waals surface area contributed by atoms with Crippen LogP contribution in [0.4, 0.5) is 4.39 Å². The zero-order chi connectivity index (χ0) is 21.3. The number of hydrogen-bond donors (Lipinski definition) is 2. The lowest BCUT2D eigenvalue weighted by molar-refractivity contribution is -0.140. The van der Waals surface area contributed by atoms with Gasteiger partial charge in [-0.25, -0.2) is 4.39 Å². The highest BCUT2D eigenvalue weighted by Crippen LogP contribution is 2.48. The van der Waals surface area contributed by atoms with Gasteiger partial charge in [0, 0.05) is 24.7 Å². The van der Waals surface area contributed by atoms with Crippen LogP contribution in [0.5, 0.6) is 0 Å². The predicted octanol–water partition coefficient (Wildman–Crippen LogP) is 4.89. The number of esters is 1. The number of methoxy groups -OCH3 is 1. The molecule has 0 amide bonds. The first kappa shape index (κ1) is 24.1. The number of alkyl halides is 1. The molecule has 0 spiro atoms. The molecule has 3 unspecified atom stereocenters. The SMILES string of the molecule is CCCC1(C(O)CC=C[C@H]2C(O)CC(F)[C@@H]2CC=CCCCC(=O)OC)CCC1. The largest absolute Gasteiger partial charge is 0.469 e. The summed E-state index contributed by atoms with van der Waals surface area (Å²) in [4.78, 5) is 11.1. The second-order valence-corrected chi connectivity index (χ2v) is 8.88. The van der Waals surface area contributed by atoms with Gasteiger partial charge in [0.25, 0.3) is 0 Å². The quantitative estimate of drug-likeness (QED) is 0.273. The lowest BCUT2D eigenvalue weighted by Crippen LogP contribution is -2.41. The number of rotatable bonds is 12. The molecular weight excluding hydrogens is 371 g/mol. The molecule has 0 aromatic heterocycles. The van der Waals surface area contributed by atoms with Gasteiger partial charge in [0.15, 0.2) is 0 Å². The molecule has 0 heterocycles. The maximum absolute atomic E-state index is 14.4. The number of ether oxygens (including phenoxy) is 1. The van der Waals surface area contributed by atoms with Crippen LogP contribution in [-0.4, -0.2) is 41.7 Å². The third kappa shape index (κ3) is 6.65. The Balaban J connectivity index is 1.82. The van der Waals surface area contributed by atoms with E-state index in [2.05, 4.69) is 11.7 Å². The molecule has 0 aromatic rings. The van der Waals surface area contributed by atoms with Crippen molar-refractivity contribution >= 4 is 5.97 Å². The van der Waals surface area contributed by atoms with Gasteiger partial charge >= 0.3 is 5.97 Å². The lowest BCUT2D eigenvalue weighted by atomic mass is 9.62. The van der Waals surface area contributed by atoms with Gasteiger partial charge in [-0.2, -0.15) is 0 Å². The van der Waals surface area contributed by atoms with Crippen LogP contribution < -0.4 is 0 Å². The average molecular weight is 411 g/mol. The maximum Gasteiger partial charge on any atom is 0.305 e. The van der Waals surface area contributed by atoms with Gasteiger partial charge < -0.3 is 14.9 Å². The Hall–Kier alpha value is -1.20. The average Bonchev–Trinajstić information content (AvgIpc) is 2.93. The van der Waals surface area contributed by atoms with Crippen LogP contribution >= 0.6 is 0 Å². The fourth-order valence-corrected chi connectivity index (χ4v) is 5.00. The summed E-state index contributed by atoms with van der Waals surface area (Å²) >= 11 is 0. The number of hydrogen-bond acceptors (Lipinski definition) is 4. The van der Waals surface area contributed by atoms with Crippen molar-refractivity contribution in [3.05, 3.63) is 24.3 Å². The fourth-order valence-electron chi connectivity index (χ4n) is 5.00.